The molecule has 258 valence electrons. The van der Waals surface area contributed by atoms with E-state index in [0.29, 0.717) is 0 Å². The van der Waals surface area contributed by atoms with Gasteiger partial charge in [0.2, 0.25) is 0 Å². The molecule has 0 unspecified atom stereocenters. The van der Waals surface area contributed by atoms with Gasteiger partial charge in [-0.05, 0) is 0 Å². The van der Waals surface area contributed by atoms with Crippen molar-refractivity contribution in [2.45, 2.75) is 71.9 Å². The molecular formula is C45H45Cl2NORu. The average molecular weight is 788 g/mol. The zero-order chi connectivity index (χ0) is 35.4. The van der Waals surface area contributed by atoms with Gasteiger partial charge in [-0.25, -0.2) is 0 Å². The molecule has 0 amide bonds. The molecule has 0 radical (unpaired) electrons. The Labute approximate surface area is 308 Å². The second kappa shape index (κ2) is 13.2. The molecule has 50 heavy (non-hydrogen) atoms. The Morgan fingerprint density at radius 1 is 0.780 bits per heavy atom. The van der Waals surface area contributed by atoms with Crippen LogP contribution in [0.2, 0.25) is 0 Å². The predicted octanol–water partition coefficient (Wildman–Crippen LogP) is 11.6. The van der Waals surface area contributed by atoms with Crippen LogP contribution in [0.25, 0.3) is 11.1 Å². The number of hydrogen-bond acceptors (Lipinski definition) is 2. The summed E-state index contributed by atoms with van der Waals surface area (Å²) in [6.07, 6.45) is 3.27. The van der Waals surface area contributed by atoms with Gasteiger partial charge in [-0.2, -0.15) is 0 Å². The molecule has 0 N–H and O–H groups in total. The number of rotatable bonds is 6. The molecule has 0 saturated carbocycles. The quantitative estimate of drug-likeness (QED) is 0.126. The van der Waals surface area contributed by atoms with Crippen LogP contribution in [0.5, 0.6) is 5.75 Å². The van der Waals surface area contributed by atoms with E-state index in [4.69, 9.17) is 24.1 Å². The summed E-state index contributed by atoms with van der Waals surface area (Å²) >= 11 is -4.07. The number of ether oxygens (including phenoxy) is 1. The topological polar surface area (TPSA) is 12.5 Å². The molecule has 2 nitrogen and oxygen atoms in total. The SMILES string of the molecule is Cc1cc(C)c(N2[C](=[Ru]([Cl])([Cl])=[CH]c3cccc(-c4ccccc4)c3OC(C)C)[C@]3(c4ccccc4)C(=CCc4ccccc43)C2(C)C)c(C)c1. The first-order chi connectivity index (χ1) is 23.9. The molecule has 1 saturated heterocycles. The van der Waals surface area contributed by atoms with Crippen LogP contribution in [0, 0.1) is 20.8 Å². The molecule has 1 atom stereocenters. The van der Waals surface area contributed by atoms with E-state index < -0.39 is 22.8 Å². The Morgan fingerprint density at radius 3 is 2.06 bits per heavy atom. The molecule has 0 spiro atoms. The van der Waals surface area contributed by atoms with E-state index >= 15 is 0 Å². The number of para-hydroxylation sites is 1. The first-order valence-corrected chi connectivity index (χ1v) is 23.6. The average Bonchev–Trinajstić information content (AvgIpc) is 3.30. The van der Waals surface area contributed by atoms with E-state index in [1.165, 1.54) is 44.6 Å². The molecule has 1 aliphatic carbocycles. The molecule has 2 aliphatic rings. The number of anilines is 1. The number of aryl methyl sites for hydroxylation is 3. The minimum absolute atomic E-state index is 0.0414. The van der Waals surface area contributed by atoms with E-state index in [1.54, 1.807) is 0 Å². The first kappa shape index (κ1) is 34.8. The minimum atomic E-state index is -4.07. The third kappa shape index (κ3) is 5.67. The normalized spacial score (nSPS) is 18.4. The molecule has 1 heterocycles. The van der Waals surface area contributed by atoms with Gasteiger partial charge in [0.25, 0.3) is 0 Å². The van der Waals surface area contributed by atoms with Gasteiger partial charge in [-0.3, -0.25) is 0 Å². The van der Waals surface area contributed by atoms with Gasteiger partial charge >= 0.3 is 310 Å². The second-order valence-electron chi connectivity index (χ2n) is 14.3. The summed E-state index contributed by atoms with van der Waals surface area (Å²) in [5.74, 6) is 0.806. The zero-order valence-electron chi connectivity index (χ0n) is 29.9. The van der Waals surface area contributed by atoms with Crippen molar-refractivity contribution in [1.29, 1.82) is 0 Å². The number of hydrogen-bond donors (Lipinski definition) is 0. The van der Waals surface area contributed by atoms with Crippen molar-refractivity contribution in [3.05, 3.63) is 166 Å². The van der Waals surface area contributed by atoms with Crippen molar-refractivity contribution < 1.29 is 16.6 Å². The van der Waals surface area contributed by atoms with E-state index in [0.717, 1.165) is 33.1 Å². The van der Waals surface area contributed by atoms with Gasteiger partial charge in [0.05, 0.1) is 0 Å². The number of nitrogens with zero attached hydrogens (tertiary/aromatic N) is 1. The molecule has 1 fully saturated rings. The van der Waals surface area contributed by atoms with E-state index in [2.05, 4.69) is 173 Å². The first-order valence-electron chi connectivity index (χ1n) is 17.3. The standard InChI is InChI=1S/C29H29N.C16H16O.2ClH.Ru/c1-20-17-21(2)27(22(3)18-20)30-19-29(24-12-7-6-8-13-24)25-14-10-9-11-23(25)15-16-26(29)28(30,4)5;1-12(2)17-16-13(3)8-7-11-15(16)14-9-5-4-6-10-14;;;/h6-14,16-18H,15H2,1-5H3;3-12H,1-2H3;2*1H;/q;;;;+2/p-2/t29-;;;;/m1..../s1. The van der Waals surface area contributed by atoms with Gasteiger partial charge in [0.15, 0.2) is 0 Å². The Balaban J connectivity index is 1.69. The molecule has 7 rings (SSSR count). The van der Waals surface area contributed by atoms with Crippen molar-refractivity contribution in [3.8, 4) is 16.9 Å². The van der Waals surface area contributed by atoms with E-state index in [-0.39, 0.29) is 6.10 Å². The third-order valence-electron chi connectivity index (χ3n) is 10.1. The molecule has 5 aromatic rings. The third-order valence-corrected chi connectivity index (χ3v) is 15.8. The predicted molar refractivity (Wildman–Crippen MR) is 212 cm³/mol. The van der Waals surface area contributed by atoms with Crippen molar-refractivity contribution in [2.75, 3.05) is 4.90 Å². The maximum absolute atomic E-state index is 8.24. The van der Waals surface area contributed by atoms with Gasteiger partial charge < -0.3 is 0 Å². The molecule has 1 aliphatic heterocycles. The Kier molecular flexibility index (Phi) is 9.17. The Bertz CT molecular complexity index is 2230. The fourth-order valence-corrected chi connectivity index (χ4v) is 15.3. The van der Waals surface area contributed by atoms with Crippen molar-refractivity contribution in [2.24, 2.45) is 0 Å². The van der Waals surface area contributed by atoms with Crippen molar-refractivity contribution >= 4 is 33.9 Å². The van der Waals surface area contributed by atoms with Crippen molar-refractivity contribution in [3.63, 3.8) is 0 Å². The zero-order valence-corrected chi connectivity index (χ0v) is 33.1. The maximum atomic E-state index is 8.24. The van der Waals surface area contributed by atoms with Crippen LogP contribution in [0.1, 0.15) is 66.6 Å². The van der Waals surface area contributed by atoms with Crippen LogP contribution in [-0.4, -0.2) is 20.5 Å². The summed E-state index contributed by atoms with van der Waals surface area (Å²) in [6, 6.07) is 41.1. The molecule has 5 heteroatoms. The summed E-state index contributed by atoms with van der Waals surface area (Å²) in [5.41, 5.74) is 11.8. The van der Waals surface area contributed by atoms with Gasteiger partial charge in [0, 0.05) is 0 Å². The van der Waals surface area contributed by atoms with Crippen LogP contribution >= 0.6 is 19.4 Å². The Hall–Kier alpha value is -3.62. The van der Waals surface area contributed by atoms with E-state index in [1.807, 2.05) is 6.07 Å². The number of fused-ring (bicyclic) bond motifs is 3. The molecule has 0 aromatic heterocycles. The van der Waals surface area contributed by atoms with Crippen LogP contribution in [0.4, 0.5) is 5.69 Å². The number of benzene rings is 5. The van der Waals surface area contributed by atoms with Crippen LogP contribution in [0.15, 0.2) is 127 Å². The monoisotopic (exact) mass is 787 g/mol. The fraction of sp³-hybridized carbons (Fsp3) is 0.244. The summed E-state index contributed by atoms with van der Waals surface area (Å²) in [6.45, 7) is 15.4. The fourth-order valence-electron chi connectivity index (χ4n) is 8.36. The Morgan fingerprint density at radius 2 is 1.40 bits per heavy atom. The summed E-state index contributed by atoms with van der Waals surface area (Å²) < 4.78 is 9.92. The van der Waals surface area contributed by atoms with Crippen molar-refractivity contribution in [1.82, 2.24) is 0 Å². The summed E-state index contributed by atoms with van der Waals surface area (Å²) in [5, 5.41) is 0. The summed E-state index contributed by atoms with van der Waals surface area (Å²) in [4.78, 5) is 2.55. The van der Waals surface area contributed by atoms with Crippen LogP contribution < -0.4 is 9.64 Å². The summed E-state index contributed by atoms with van der Waals surface area (Å²) in [7, 11) is 16.5. The van der Waals surface area contributed by atoms with Gasteiger partial charge in [-0.1, -0.05) is 0 Å². The molecule has 5 aromatic carbocycles. The second-order valence-corrected chi connectivity index (χ2v) is 23.6. The number of allylic oxidation sites excluding steroid dienone is 1. The van der Waals surface area contributed by atoms with Gasteiger partial charge in [-0.15, -0.1) is 0 Å². The van der Waals surface area contributed by atoms with Gasteiger partial charge in [0.1, 0.15) is 0 Å². The molecule has 0 bridgehead atoms. The van der Waals surface area contributed by atoms with Crippen LogP contribution in [0.3, 0.4) is 0 Å². The van der Waals surface area contributed by atoms with E-state index in [9.17, 15) is 0 Å². The van der Waals surface area contributed by atoms with Crippen LogP contribution in [-0.2, 0) is 23.7 Å². The molecular weight excluding hydrogens is 742 g/mol. The number of halogens is 2.